The lowest BCUT2D eigenvalue weighted by atomic mass is 10.0. The standard InChI is InChI=1S/C13H17NO2S/c1-10-5-6-12-11(4-3-7-14-2)9-17(15,16)13(12)8-10/h5-6,8-9,14H,3-4,7H2,1-2H3. The molecule has 0 saturated carbocycles. The minimum absolute atomic E-state index is 0.469. The van der Waals surface area contributed by atoms with E-state index in [1.165, 1.54) is 5.41 Å². The minimum atomic E-state index is -3.20. The van der Waals surface area contributed by atoms with Crippen molar-refractivity contribution in [2.75, 3.05) is 13.6 Å². The maximum absolute atomic E-state index is 12.0. The summed E-state index contributed by atoms with van der Waals surface area (Å²) in [6.07, 6.45) is 1.75. The molecule has 3 nitrogen and oxygen atoms in total. The molecule has 0 aromatic heterocycles. The van der Waals surface area contributed by atoms with Crippen LogP contribution in [0, 0.1) is 6.92 Å². The van der Waals surface area contributed by atoms with Crippen LogP contribution in [0.5, 0.6) is 0 Å². The predicted octanol–water partition coefficient (Wildman–Crippen LogP) is 2.12. The first kappa shape index (κ1) is 12.3. The summed E-state index contributed by atoms with van der Waals surface area (Å²) in [5.41, 5.74) is 2.80. The molecule has 4 heteroatoms. The van der Waals surface area contributed by atoms with Crippen molar-refractivity contribution in [1.29, 1.82) is 0 Å². The molecular formula is C13H17NO2S. The van der Waals surface area contributed by atoms with Gasteiger partial charge in [-0.25, -0.2) is 8.42 Å². The first-order valence-electron chi connectivity index (χ1n) is 5.76. The number of hydrogen-bond donors (Lipinski definition) is 1. The lowest BCUT2D eigenvalue weighted by molar-refractivity contribution is 0.605. The smallest absolute Gasteiger partial charge is 0.200 e. The Morgan fingerprint density at radius 3 is 2.76 bits per heavy atom. The summed E-state index contributed by atoms with van der Waals surface area (Å²) in [6.45, 7) is 2.81. The lowest BCUT2D eigenvalue weighted by Gasteiger charge is -2.05. The van der Waals surface area contributed by atoms with E-state index in [4.69, 9.17) is 0 Å². The number of sulfone groups is 1. The Morgan fingerprint density at radius 2 is 2.06 bits per heavy atom. The van der Waals surface area contributed by atoms with E-state index in [2.05, 4.69) is 5.32 Å². The SMILES string of the molecule is CNCCCC1=CS(=O)(=O)c2cc(C)ccc21. The first-order valence-corrected chi connectivity index (χ1v) is 7.30. The topological polar surface area (TPSA) is 46.2 Å². The molecule has 1 aliphatic rings. The summed E-state index contributed by atoms with van der Waals surface area (Å²) in [4.78, 5) is 0.469. The van der Waals surface area contributed by atoms with Gasteiger partial charge in [-0.15, -0.1) is 0 Å². The highest BCUT2D eigenvalue weighted by atomic mass is 32.2. The van der Waals surface area contributed by atoms with Crippen molar-refractivity contribution in [3.8, 4) is 0 Å². The van der Waals surface area contributed by atoms with E-state index in [0.29, 0.717) is 4.90 Å². The summed E-state index contributed by atoms with van der Waals surface area (Å²) < 4.78 is 23.9. The van der Waals surface area contributed by atoms with Crippen LogP contribution in [0.4, 0.5) is 0 Å². The summed E-state index contributed by atoms with van der Waals surface area (Å²) in [5.74, 6) is 0. The Kier molecular flexibility index (Phi) is 3.35. The quantitative estimate of drug-likeness (QED) is 0.834. The number of allylic oxidation sites excluding steroid dienone is 1. The van der Waals surface area contributed by atoms with Crippen LogP contribution in [0.2, 0.25) is 0 Å². The molecule has 17 heavy (non-hydrogen) atoms. The molecule has 1 aromatic carbocycles. The van der Waals surface area contributed by atoms with Crippen molar-refractivity contribution in [2.45, 2.75) is 24.7 Å². The van der Waals surface area contributed by atoms with E-state index in [9.17, 15) is 8.42 Å². The lowest BCUT2D eigenvalue weighted by Crippen LogP contribution is -2.07. The molecule has 2 rings (SSSR count). The van der Waals surface area contributed by atoms with Gasteiger partial charge in [0.25, 0.3) is 0 Å². The highest BCUT2D eigenvalue weighted by molar-refractivity contribution is 7.95. The van der Waals surface area contributed by atoms with Crippen molar-refractivity contribution in [2.24, 2.45) is 0 Å². The largest absolute Gasteiger partial charge is 0.320 e. The molecule has 0 atom stereocenters. The second kappa shape index (κ2) is 4.63. The normalized spacial score (nSPS) is 16.7. The molecule has 1 aliphatic heterocycles. The fraction of sp³-hybridized carbons (Fsp3) is 0.385. The van der Waals surface area contributed by atoms with Gasteiger partial charge in [-0.3, -0.25) is 0 Å². The van der Waals surface area contributed by atoms with Gasteiger partial charge in [0.2, 0.25) is 9.84 Å². The van der Waals surface area contributed by atoms with Gasteiger partial charge in [-0.05, 0) is 56.1 Å². The van der Waals surface area contributed by atoms with Gasteiger partial charge < -0.3 is 5.32 Å². The van der Waals surface area contributed by atoms with Crippen molar-refractivity contribution in [3.05, 3.63) is 34.7 Å². The van der Waals surface area contributed by atoms with Crippen LogP contribution in [0.3, 0.4) is 0 Å². The van der Waals surface area contributed by atoms with Crippen LogP contribution in [0.25, 0.3) is 5.57 Å². The van der Waals surface area contributed by atoms with Crippen molar-refractivity contribution in [1.82, 2.24) is 5.32 Å². The van der Waals surface area contributed by atoms with E-state index in [1.54, 1.807) is 6.07 Å². The minimum Gasteiger partial charge on any atom is -0.320 e. The number of rotatable bonds is 4. The zero-order valence-corrected chi connectivity index (χ0v) is 11.0. The molecule has 1 heterocycles. The van der Waals surface area contributed by atoms with Gasteiger partial charge in [0, 0.05) is 5.41 Å². The third-order valence-corrected chi connectivity index (χ3v) is 4.51. The van der Waals surface area contributed by atoms with Crippen LogP contribution in [-0.4, -0.2) is 22.0 Å². The van der Waals surface area contributed by atoms with Gasteiger partial charge in [-0.2, -0.15) is 0 Å². The third kappa shape index (κ3) is 2.42. The summed E-state index contributed by atoms with van der Waals surface area (Å²) in [5, 5.41) is 4.49. The summed E-state index contributed by atoms with van der Waals surface area (Å²) in [6, 6.07) is 5.64. The predicted molar refractivity (Wildman–Crippen MR) is 69.5 cm³/mol. The molecule has 0 radical (unpaired) electrons. The Morgan fingerprint density at radius 1 is 1.29 bits per heavy atom. The Bertz CT molecular complexity index is 559. The van der Waals surface area contributed by atoms with Gasteiger partial charge in [-0.1, -0.05) is 12.1 Å². The molecule has 0 bridgehead atoms. The Hall–Kier alpha value is -1.13. The third-order valence-electron chi connectivity index (χ3n) is 2.96. The van der Waals surface area contributed by atoms with E-state index in [1.807, 2.05) is 26.1 Å². The Balaban J connectivity index is 2.33. The maximum Gasteiger partial charge on any atom is 0.200 e. The van der Waals surface area contributed by atoms with Crippen LogP contribution < -0.4 is 5.32 Å². The summed E-state index contributed by atoms with van der Waals surface area (Å²) in [7, 11) is -1.30. The van der Waals surface area contributed by atoms with Gasteiger partial charge in [0.1, 0.15) is 0 Å². The van der Waals surface area contributed by atoms with Crippen LogP contribution in [0.1, 0.15) is 24.0 Å². The van der Waals surface area contributed by atoms with E-state index in [0.717, 1.165) is 36.1 Å². The van der Waals surface area contributed by atoms with Crippen molar-refractivity contribution < 1.29 is 8.42 Å². The second-order valence-electron chi connectivity index (χ2n) is 4.39. The zero-order chi connectivity index (χ0) is 12.5. The average Bonchev–Trinajstić information content (AvgIpc) is 2.51. The number of aryl methyl sites for hydroxylation is 1. The molecule has 0 saturated heterocycles. The van der Waals surface area contributed by atoms with Crippen LogP contribution >= 0.6 is 0 Å². The second-order valence-corrected chi connectivity index (χ2v) is 6.16. The molecule has 0 unspecified atom stereocenters. The molecule has 0 aliphatic carbocycles. The zero-order valence-electron chi connectivity index (χ0n) is 10.2. The van der Waals surface area contributed by atoms with Gasteiger partial charge >= 0.3 is 0 Å². The molecule has 92 valence electrons. The van der Waals surface area contributed by atoms with Crippen LogP contribution in [-0.2, 0) is 9.84 Å². The molecule has 0 spiro atoms. The fourth-order valence-electron chi connectivity index (χ4n) is 2.09. The van der Waals surface area contributed by atoms with Crippen molar-refractivity contribution >= 4 is 15.4 Å². The first-order chi connectivity index (χ1) is 8.04. The number of nitrogens with one attached hydrogen (secondary N) is 1. The van der Waals surface area contributed by atoms with E-state index >= 15 is 0 Å². The van der Waals surface area contributed by atoms with E-state index < -0.39 is 9.84 Å². The molecule has 0 amide bonds. The Labute approximate surface area is 102 Å². The van der Waals surface area contributed by atoms with Gasteiger partial charge in [0.05, 0.1) is 4.90 Å². The monoisotopic (exact) mass is 251 g/mol. The number of fused-ring (bicyclic) bond motifs is 1. The average molecular weight is 251 g/mol. The number of hydrogen-bond acceptors (Lipinski definition) is 3. The molecule has 0 fully saturated rings. The van der Waals surface area contributed by atoms with Crippen molar-refractivity contribution in [3.63, 3.8) is 0 Å². The number of benzene rings is 1. The fourth-order valence-corrected chi connectivity index (χ4v) is 3.70. The van der Waals surface area contributed by atoms with E-state index in [-0.39, 0.29) is 0 Å². The molecule has 1 N–H and O–H groups in total. The summed E-state index contributed by atoms with van der Waals surface area (Å²) >= 11 is 0. The maximum atomic E-state index is 12.0. The highest BCUT2D eigenvalue weighted by Crippen LogP contribution is 2.36. The highest BCUT2D eigenvalue weighted by Gasteiger charge is 2.26. The van der Waals surface area contributed by atoms with Crippen LogP contribution in [0.15, 0.2) is 28.5 Å². The molecule has 1 aromatic rings. The van der Waals surface area contributed by atoms with Gasteiger partial charge in [0.15, 0.2) is 0 Å². The molecular weight excluding hydrogens is 234 g/mol.